The molecule has 192 valence electrons. The van der Waals surface area contributed by atoms with Gasteiger partial charge in [-0.3, -0.25) is 9.59 Å². The number of fused-ring (bicyclic) bond motifs is 2. The third kappa shape index (κ3) is 4.80. The fourth-order valence-electron chi connectivity index (χ4n) is 4.35. The third-order valence-electron chi connectivity index (χ3n) is 6.45. The predicted octanol–water partition coefficient (Wildman–Crippen LogP) is 4.57. The number of carbonyl (C=O) groups is 2. The van der Waals surface area contributed by atoms with Gasteiger partial charge in [-0.05, 0) is 75.8 Å². The first-order chi connectivity index (χ1) is 17.8. The van der Waals surface area contributed by atoms with E-state index in [1.165, 1.54) is 17.5 Å². The fourth-order valence-corrected chi connectivity index (χ4v) is 6.42. The number of aromatic amines is 1. The lowest BCUT2D eigenvalue weighted by atomic mass is 10.1. The molecule has 4 aromatic rings. The van der Waals surface area contributed by atoms with Crippen molar-refractivity contribution in [1.29, 1.82) is 0 Å². The van der Waals surface area contributed by atoms with E-state index in [9.17, 15) is 14.4 Å². The van der Waals surface area contributed by atoms with E-state index in [0.717, 1.165) is 58.3 Å². The van der Waals surface area contributed by atoms with Gasteiger partial charge >= 0.3 is 5.97 Å². The van der Waals surface area contributed by atoms with Crippen LogP contribution in [0.15, 0.2) is 34.3 Å². The molecule has 0 bridgehead atoms. The summed E-state index contributed by atoms with van der Waals surface area (Å²) in [6, 6.07) is 5.92. The number of H-pyrrole nitrogens is 1. The summed E-state index contributed by atoms with van der Waals surface area (Å²) in [5.74, 6) is -0.700. The van der Waals surface area contributed by atoms with Crippen molar-refractivity contribution in [3.63, 3.8) is 0 Å². The first kappa shape index (κ1) is 25.2. The molecule has 0 aliphatic heterocycles. The number of esters is 1. The van der Waals surface area contributed by atoms with Crippen LogP contribution in [-0.2, 0) is 22.4 Å². The van der Waals surface area contributed by atoms with Crippen LogP contribution in [0.3, 0.4) is 0 Å². The van der Waals surface area contributed by atoms with Crippen molar-refractivity contribution in [2.75, 3.05) is 11.9 Å². The van der Waals surface area contributed by atoms with Crippen LogP contribution in [0.2, 0.25) is 0 Å². The Balaban J connectivity index is 1.39. The van der Waals surface area contributed by atoms with Gasteiger partial charge in [-0.15, -0.1) is 11.3 Å². The second-order valence-electron chi connectivity index (χ2n) is 8.96. The number of nitrogens with one attached hydrogen (secondary N) is 2. The van der Waals surface area contributed by atoms with Crippen molar-refractivity contribution < 1.29 is 14.3 Å². The summed E-state index contributed by atoms with van der Waals surface area (Å²) in [4.78, 5) is 47.0. The number of anilines is 1. The average molecular weight is 538 g/mol. The Bertz CT molecular complexity index is 1590. The van der Waals surface area contributed by atoms with E-state index < -0.39 is 11.2 Å². The molecule has 37 heavy (non-hydrogen) atoms. The molecule has 1 atom stereocenters. The largest absolute Gasteiger partial charge is 0.462 e. The van der Waals surface area contributed by atoms with Crippen LogP contribution in [-0.4, -0.2) is 43.5 Å². The molecule has 0 radical (unpaired) electrons. The van der Waals surface area contributed by atoms with Gasteiger partial charge in [0.2, 0.25) is 5.91 Å². The van der Waals surface area contributed by atoms with Crippen LogP contribution in [0.5, 0.6) is 0 Å². The molecule has 0 saturated heterocycles. The number of carbonyl (C=O) groups excluding carboxylic acids is 2. The van der Waals surface area contributed by atoms with Crippen LogP contribution in [0.25, 0.3) is 16.7 Å². The molecular weight excluding hydrogens is 510 g/mol. The van der Waals surface area contributed by atoms with Crippen LogP contribution < -0.4 is 10.9 Å². The van der Waals surface area contributed by atoms with Gasteiger partial charge in [0.05, 0.1) is 29.3 Å². The second-order valence-corrected chi connectivity index (χ2v) is 11.4. The zero-order valence-electron chi connectivity index (χ0n) is 21.0. The molecule has 1 aliphatic rings. The van der Waals surface area contributed by atoms with Crippen LogP contribution >= 0.6 is 23.1 Å². The molecule has 0 saturated carbocycles. The quantitative estimate of drug-likeness (QED) is 0.201. The molecule has 0 fully saturated rings. The molecule has 1 unspecified atom stereocenters. The fraction of sp³-hybridized carbons (Fsp3) is 0.346. The molecule has 1 aliphatic carbocycles. The molecule has 3 heterocycles. The SMILES string of the molecule is CCOC(=O)c1c(NC(=O)C(C)Sc2nc3c(cnn3-c3ccc(C)c(C)c3)c(=O)[nH]2)sc2c1CCC2. The Morgan fingerprint density at radius 1 is 1.27 bits per heavy atom. The number of aryl methyl sites for hydroxylation is 3. The number of amides is 1. The molecule has 1 amide bonds. The number of ether oxygens (including phenoxy) is 1. The van der Waals surface area contributed by atoms with Crippen molar-refractivity contribution in [2.45, 2.75) is 57.4 Å². The summed E-state index contributed by atoms with van der Waals surface area (Å²) >= 11 is 2.57. The van der Waals surface area contributed by atoms with E-state index >= 15 is 0 Å². The Kier molecular flexibility index (Phi) is 6.91. The summed E-state index contributed by atoms with van der Waals surface area (Å²) in [5, 5.41) is 7.90. The van der Waals surface area contributed by atoms with Crippen molar-refractivity contribution >= 4 is 51.0 Å². The Morgan fingerprint density at radius 2 is 2.08 bits per heavy atom. The van der Waals surface area contributed by atoms with Gasteiger partial charge in [0.25, 0.3) is 5.56 Å². The number of thiophene rings is 1. The molecule has 1 aromatic carbocycles. The van der Waals surface area contributed by atoms with Gasteiger partial charge in [0, 0.05) is 4.88 Å². The van der Waals surface area contributed by atoms with Gasteiger partial charge in [0.15, 0.2) is 10.8 Å². The van der Waals surface area contributed by atoms with Crippen molar-refractivity contribution in [1.82, 2.24) is 19.7 Å². The van der Waals surface area contributed by atoms with E-state index in [4.69, 9.17) is 4.74 Å². The summed E-state index contributed by atoms with van der Waals surface area (Å²) in [7, 11) is 0. The zero-order chi connectivity index (χ0) is 26.3. The topological polar surface area (TPSA) is 119 Å². The van der Waals surface area contributed by atoms with Crippen molar-refractivity contribution in [2.24, 2.45) is 0 Å². The van der Waals surface area contributed by atoms with Crippen LogP contribution in [0.1, 0.15) is 52.2 Å². The average Bonchev–Trinajstić information content (AvgIpc) is 3.55. The molecule has 11 heteroatoms. The minimum atomic E-state index is -0.592. The van der Waals surface area contributed by atoms with E-state index in [-0.39, 0.29) is 18.1 Å². The van der Waals surface area contributed by atoms with Gasteiger partial charge in [-0.2, -0.15) is 5.10 Å². The zero-order valence-corrected chi connectivity index (χ0v) is 22.6. The molecule has 0 spiro atoms. The highest BCUT2D eigenvalue weighted by molar-refractivity contribution is 8.00. The Labute approximate surface area is 221 Å². The van der Waals surface area contributed by atoms with Gasteiger partial charge in [-0.25, -0.2) is 14.5 Å². The van der Waals surface area contributed by atoms with E-state index in [0.29, 0.717) is 26.8 Å². The Morgan fingerprint density at radius 3 is 2.84 bits per heavy atom. The lowest BCUT2D eigenvalue weighted by molar-refractivity contribution is -0.115. The van der Waals surface area contributed by atoms with Gasteiger partial charge in [0.1, 0.15) is 10.4 Å². The highest BCUT2D eigenvalue weighted by Gasteiger charge is 2.29. The predicted molar refractivity (Wildman–Crippen MR) is 145 cm³/mol. The molecule has 2 N–H and O–H groups in total. The number of thioether (sulfide) groups is 1. The van der Waals surface area contributed by atoms with Gasteiger partial charge < -0.3 is 15.0 Å². The standard InChI is InChI=1S/C26H27N5O4S2/c1-5-35-25(34)20-17-7-6-8-19(17)37-24(20)29-22(32)15(4)36-26-28-21-18(23(33)30-26)12-27-31(21)16-10-9-13(2)14(3)11-16/h9-12,15H,5-8H2,1-4H3,(H,29,32)(H,28,30,33). The molecule has 5 rings (SSSR count). The van der Waals surface area contributed by atoms with Crippen LogP contribution in [0, 0.1) is 13.8 Å². The highest BCUT2D eigenvalue weighted by atomic mass is 32.2. The molecular formula is C26H27N5O4S2. The van der Waals surface area contributed by atoms with Crippen LogP contribution in [0.4, 0.5) is 5.00 Å². The summed E-state index contributed by atoms with van der Waals surface area (Å²) in [5.41, 5.74) is 4.60. The summed E-state index contributed by atoms with van der Waals surface area (Å²) < 4.78 is 6.88. The molecule has 3 aromatic heterocycles. The van der Waals surface area contributed by atoms with E-state index in [1.54, 1.807) is 18.5 Å². The molecule has 9 nitrogen and oxygen atoms in total. The minimum absolute atomic E-state index is 0.267. The number of hydrogen-bond donors (Lipinski definition) is 2. The highest BCUT2D eigenvalue weighted by Crippen LogP contribution is 2.40. The first-order valence-electron chi connectivity index (χ1n) is 12.1. The number of rotatable bonds is 7. The lowest BCUT2D eigenvalue weighted by Gasteiger charge is -2.12. The third-order valence-corrected chi connectivity index (χ3v) is 8.64. The smallest absolute Gasteiger partial charge is 0.341 e. The van der Waals surface area contributed by atoms with Crippen molar-refractivity contribution in [3.05, 3.63) is 61.9 Å². The maximum absolute atomic E-state index is 13.1. The summed E-state index contributed by atoms with van der Waals surface area (Å²) in [6.45, 7) is 7.81. The monoisotopic (exact) mass is 537 g/mol. The lowest BCUT2D eigenvalue weighted by Crippen LogP contribution is -2.24. The summed E-state index contributed by atoms with van der Waals surface area (Å²) in [6.07, 6.45) is 4.19. The first-order valence-corrected chi connectivity index (χ1v) is 13.8. The maximum Gasteiger partial charge on any atom is 0.341 e. The number of aromatic nitrogens is 4. The normalized spacial score (nSPS) is 13.5. The van der Waals surface area contributed by atoms with E-state index in [2.05, 4.69) is 20.4 Å². The van der Waals surface area contributed by atoms with Crippen molar-refractivity contribution in [3.8, 4) is 5.69 Å². The number of nitrogens with zero attached hydrogens (tertiary/aromatic N) is 3. The second kappa shape index (κ2) is 10.1. The number of benzene rings is 1. The maximum atomic E-state index is 13.1. The van der Waals surface area contributed by atoms with E-state index in [1.807, 2.05) is 32.0 Å². The van der Waals surface area contributed by atoms with Gasteiger partial charge in [-0.1, -0.05) is 17.8 Å². The number of hydrogen-bond acceptors (Lipinski definition) is 8. The minimum Gasteiger partial charge on any atom is -0.462 e. The Hall–Kier alpha value is -3.44.